The number of primary amides is 1. The van der Waals surface area contributed by atoms with Crippen LogP contribution < -0.4 is 5.73 Å². The second-order valence-electron chi connectivity index (χ2n) is 5.56. The number of ether oxygens (including phenoxy) is 1. The standard InChI is InChI=1S/C17H15N4O2/c1-21-9-20-14-3-2-10(6-15(14)21)12-7-19-16(17(18)22)11-4-5-23-8-13(11)12/h2-4,6-7,9H,5,8H2,1H3,(H2,18,22). The minimum absolute atomic E-state index is 0.300. The van der Waals surface area contributed by atoms with Gasteiger partial charge in [-0.3, -0.25) is 9.78 Å². The van der Waals surface area contributed by atoms with Crippen molar-refractivity contribution in [1.29, 1.82) is 0 Å². The zero-order valence-corrected chi connectivity index (χ0v) is 12.6. The summed E-state index contributed by atoms with van der Waals surface area (Å²) >= 11 is 0. The zero-order chi connectivity index (χ0) is 16.0. The quantitative estimate of drug-likeness (QED) is 0.783. The highest BCUT2D eigenvalue weighted by molar-refractivity contribution is 5.94. The van der Waals surface area contributed by atoms with Crippen molar-refractivity contribution in [2.75, 3.05) is 6.61 Å². The first-order valence-electron chi connectivity index (χ1n) is 7.29. The molecule has 0 spiro atoms. The molecule has 4 rings (SSSR count). The number of carbonyl (C=O) groups excluding carboxylic acids is 1. The number of aromatic nitrogens is 3. The second-order valence-corrected chi connectivity index (χ2v) is 5.56. The van der Waals surface area contributed by atoms with E-state index in [1.807, 2.05) is 30.2 Å². The molecule has 1 radical (unpaired) electrons. The average molecular weight is 307 g/mol. The van der Waals surface area contributed by atoms with Crippen molar-refractivity contribution in [3.05, 3.63) is 54.0 Å². The Bertz CT molecular complexity index is 930. The Hall–Kier alpha value is -2.73. The third kappa shape index (κ3) is 2.19. The molecule has 0 atom stereocenters. The summed E-state index contributed by atoms with van der Waals surface area (Å²) in [4.78, 5) is 20.2. The summed E-state index contributed by atoms with van der Waals surface area (Å²) in [5.74, 6) is -0.520. The Morgan fingerprint density at radius 3 is 3.04 bits per heavy atom. The van der Waals surface area contributed by atoms with Crippen molar-refractivity contribution >= 4 is 16.9 Å². The maximum absolute atomic E-state index is 11.6. The van der Waals surface area contributed by atoms with E-state index in [1.165, 1.54) is 0 Å². The van der Waals surface area contributed by atoms with Gasteiger partial charge in [0.2, 0.25) is 0 Å². The molecule has 1 amide bonds. The minimum atomic E-state index is -0.520. The van der Waals surface area contributed by atoms with Crippen molar-refractivity contribution in [1.82, 2.24) is 14.5 Å². The molecule has 1 aromatic carbocycles. The van der Waals surface area contributed by atoms with Crippen molar-refractivity contribution in [2.24, 2.45) is 12.8 Å². The lowest BCUT2D eigenvalue weighted by molar-refractivity contribution is 0.0991. The van der Waals surface area contributed by atoms with Crippen molar-refractivity contribution in [3.63, 3.8) is 0 Å². The summed E-state index contributed by atoms with van der Waals surface area (Å²) in [6, 6.07) is 6.05. The van der Waals surface area contributed by atoms with Crippen LogP contribution in [0.5, 0.6) is 0 Å². The highest BCUT2D eigenvalue weighted by Gasteiger charge is 2.22. The van der Waals surface area contributed by atoms with E-state index in [9.17, 15) is 4.79 Å². The monoisotopic (exact) mass is 307 g/mol. The number of nitrogens with two attached hydrogens (primary N) is 1. The number of fused-ring (bicyclic) bond motifs is 2. The van der Waals surface area contributed by atoms with Crippen LogP contribution in [0.2, 0.25) is 0 Å². The van der Waals surface area contributed by atoms with Gasteiger partial charge in [-0.15, -0.1) is 0 Å². The molecule has 2 aromatic heterocycles. The third-order valence-electron chi connectivity index (χ3n) is 4.15. The van der Waals surface area contributed by atoms with Gasteiger partial charge in [0.15, 0.2) is 0 Å². The van der Waals surface area contributed by atoms with E-state index in [-0.39, 0.29) is 0 Å². The molecule has 23 heavy (non-hydrogen) atoms. The lowest BCUT2D eigenvalue weighted by Gasteiger charge is -2.21. The van der Waals surface area contributed by atoms with Crippen LogP contribution in [0.1, 0.15) is 21.6 Å². The van der Waals surface area contributed by atoms with Crippen LogP contribution in [-0.2, 0) is 18.4 Å². The molecule has 3 heterocycles. The van der Waals surface area contributed by atoms with E-state index >= 15 is 0 Å². The summed E-state index contributed by atoms with van der Waals surface area (Å²) in [7, 11) is 1.96. The molecule has 3 aromatic rings. The number of nitrogens with zero attached hydrogens (tertiary/aromatic N) is 3. The number of imidazole rings is 1. The fourth-order valence-electron chi connectivity index (χ4n) is 2.98. The first-order chi connectivity index (χ1) is 11.1. The van der Waals surface area contributed by atoms with E-state index in [2.05, 4.69) is 16.0 Å². The predicted octanol–water partition coefficient (Wildman–Crippen LogP) is 1.82. The smallest absolute Gasteiger partial charge is 0.267 e. The molecule has 1 aliphatic rings. The van der Waals surface area contributed by atoms with Gasteiger partial charge in [0.05, 0.1) is 30.6 Å². The van der Waals surface area contributed by atoms with Gasteiger partial charge in [-0.25, -0.2) is 4.98 Å². The molecule has 0 saturated carbocycles. The van der Waals surface area contributed by atoms with Crippen molar-refractivity contribution < 1.29 is 9.53 Å². The number of amides is 1. The Morgan fingerprint density at radius 1 is 1.35 bits per heavy atom. The first-order valence-corrected chi connectivity index (χ1v) is 7.29. The molecule has 0 bridgehead atoms. The van der Waals surface area contributed by atoms with Gasteiger partial charge in [0.1, 0.15) is 5.69 Å². The van der Waals surface area contributed by atoms with Gasteiger partial charge in [-0.05, 0) is 28.8 Å². The molecule has 6 nitrogen and oxygen atoms in total. The number of hydrogen-bond acceptors (Lipinski definition) is 4. The SMILES string of the molecule is Cn1cnc2ccc(-c3cnc(C(N)=O)c4c3COC[CH]4)cc21. The molecule has 6 heteroatoms. The zero-order valence-electron chi connectivity index (χ0n) is 12.6. The molecule has 115 valence electrons. The van der Waals surface area contributed by atoms with Crippen LogP contribution in [0.4, 0.5) is 0 Å². The van der Waals surface area contributed by atoms with E-state index < -0.39 is 5.91 Å². The van der Waals surface area contributed by atoms with E-state index in [0.29, 0.717) is 18.9 Å². The third-order valence-corrected chi connectivity index (χ3v) is 4.15. The van der Waals surface area contributed by atoms with Gasteiger partial charge in [0, 0.05) is 25.2 Å². The lowest BCUT2D eigenvalue weighted by atomic mass is 9.93. The molecule has 2 N–H and O–H groups in total. The van der Waals surface area contributed by atoms with Crippen molar-refractivity contribution in [2.45, 2.75) is 6.61 Å². The molecule has 0 aliphatic carbocycles. The summed E-state index contributed by atoms with van der Waals surface area (Å²) in [5.41, 5.74) is 11.4. The number of hydrogen-bond donors (Lipinski definition) is 1. The number of benzene rings is 1. The van der Waals surface area contributed by atoms with Crippen molar-refractivity contribution in [3.8, 4) is 11.1 Å². The molecule has 1 aliphatic heterocycles. The van der Waals surface area contributed by atoms with Gasteiger partial charge < -0.3 is 15.0 Å². The Kier molecular flexibility index (Phi) is 3.12. The molecular weight excluding hydrogens is 292 g/mol. The van der Waals surface area contributed by atoms with Gasteiger partial charge in [-0.2, -0.15) is 0 Å². The maximum atomic E-state index is 11.6. The van der Waals surface area contributed by atoms with Gasteiger partial charge in [0.25, 0.3) is 5.91 Å². The highest BCUT2D eigenvalue weighted by atomic mass is 16.5. The normalized spacial score (nSPS) is 14.0. The Balaban J connectivity index is 1.93. The van der Waals surface area contributed by atoms with Crippen LogP contribution >= 0.6 is 0 Å². The molecule has 0 fully saturated rings. The second kappa shape index (κ2) is 5.17. The van der Waals surface area contributed by atoms with Crippen LogP contribution in [0.15, 0.2) is 30.7 Å². The number of aryl methyl sites for hydroxylation is 1. The molecule has 0 unspecified atom stereocenters. The maximum Gasteiger partial charge on any atom is 0.267 e. The fourth-order valence-corrected chi connectivity index (χ4v) is 2.98. The van der Waals surface area contributed by atoms with Crippen LogP contribution in [0.25, 0.3) is 22.2 Å². The summed E-state index contributed by atoms with van der Waals surface area (Å²) in [5, 5.41) is 0. The van der Waals surface area contributed by atoms with Crippen LogP contribution in [-0.4, -0.2) is 27.0 Å². The summed E-state index contributed by atoms with van der Waals surface area (Å²) < 4.78 is 7.51. The first kappa shape index (κ1) is 13.9. The van der Waals surface area contributed by atoms with Crippen LogP contribution in [0, 0.1) is 6.42 Å². The summed E-state index contributed by atoms with van der Waals surface area (Å²) in [6.45, 7) is 0.895. The Labute approximate surface area is 132 Å². The average Bonchev–Trinajstić information content (AvgIpc) is 2.94. The largest absolute Gasteiger partial charge is 0.376 e. The Morgan fingerprint density at radius 2 is 2.22 bits per heavy atom. The number of rotatable bonds is 2. The lowest BCUT2D eigenvalue weighted by Crippen LogP contribution is -2.21. The minimum Gasteiger partial charge on any atom is -0.376 e. The topological polar surface area (TPSA) is 83.0 Å². The van der Waals surface area contributed by atoms with E-state index in [1.54, 1.807) is 12.5 Å². The van der Waals surface area contributed by atoms with Crippen LogP contribution in [0.3, 0.4) is 0 Å². The number of pyridine rings is 1. The fraction of sp³-hybridized carbons (Fsp3) is 0.176. The number of carbonyl (C=O) groups is 1. The van der Waals surface area contributed by atoms with Gasteiger partial charge >= 0.3 is 0 Å². The van der Waals surface area contributed by atoms with E-state index in [0.717, 1.165) is 33.3 Å². The highest BCUT2D eigenvalue weighted by Crippen LogP contribution is 2.32. The molecular formula is C17H15N4O2. The molecule has 0 saturated heterocycles. The summed E-state index contributed by atoms with van der Waals surface area (Å²) in [6.07, 6.45) is 5.34. The predicted molar refractivity (Wildman–Crippen MR) is 85.5 cm³/mol. The van der Waals surface area contributed by atoms with Gasteiger partial charge in [-0.1, -0.05) is 6.07 Å². The van der Waals surface area contributed by atoms with E-state index in [4.69, 9.17) is 10.5 Å².